The molecular formula is C10H21N3O2. The van der Waals surface area contributed by atoms with Crippen LogP contribution < -0.4 is 5.32 Å². The summed E-state index contributed by atoms with van der Waals surface area (Å²) in [6, 6.07) is -0.108. The zero-order chi connectivity index (χ0) is 12.0. The van der Waals surface area contributed by atoms with E-state index in [9.17, 15) is 9.59 Å². The van der Waals surface area contributed by atoms with E-state index in [1.165, 1.54) is 9.80 Å². The highest BCUT2D eigenvalue weighted by Crippen LogP contribution is 1.93. The first-order valence-electron chi connectivity index (χ1n) is 5.14. The van der Waals surface area contributed by atoms with Crippen molar-refractivity contribution in [2.24, 2.45) is 0 Å². The molecule has 0 radical (unpaired) electrons. The number of urea groups is 1. The molecule has 0 aliphatic carbocycles. The van der Waals surface area contributed by atoms with E-state index in [-0.39, 0.29) is 24.5 Å². The predicted molar refractivity (Wildman–Crippen MR) is 59.6 cm³/mol. The molecule has 0 rings (SSSR count). The number of carbonyl (C=O) groups excluding carboxylic acids is 2. The average molecular weight is 215 g/mol. The molecule has 0 bridgehead atoms. The topological polar surface area (TPSA) is 52.7 Å². The summed E-state index contributed by atoms with van der Waals surface area (Å²) in [6.45, 7) is 6.28. The first-order valence-corrected chi connectivity index (χ1v) is 5.14. The van der Waals surface area contributed by atoms with Gasteiger partial charge in [0.1, 0.15) is 6.54 Å². The Morgan fingerprint density at radius 3 is 2.13 bits per heavy atom. The minimum absolute atomic E-state index is 0.0734. The maximum atomic E-state index is 11.6. The number of hydrogen-bond acceptors (Lipinski definition) is 2. The Hall–Kier alpha value is -1.26. The molecule has 0 aromatic carbocycles. The number of nitrogens with zero attached hydrogens (tertiary/aromatic N) is 2. The van der Waals surface area contributed by atoms with Gasteiger partial charge in [-0.3, -0.25) is 4.79 Å². The standard InChI is InChI=1S/C10H21N3O2/c1-6-13(7-9(14)12(4)5)10(15)11-8(2)3/h8H,6-7H2,1-5H3,(H,11,15). The van der Waals surface area contributed by atoms with E-state index in [0.717, 1.165) is 0 Å². The first kappa shape index (κ1) is 13.7. The van der Waals surface area contributed by atoms with Crippen molar-refractivity contribution < 1.29 is 9.59 Å². The lowest BCUT2D eigenvalue weighted by Crippen LogP contribution is -2.47. The van der Waals surface area contributed by atoms with Crippen LogP contribution in [0.2, 0.25) is 0 Å². The lowest BCUT2D eigenvalue weighted by Gasteiger charge is -2.23. The first-order chi connectivity index (χ1) is 6.88. The molecule has 1 N–H and O–H groups in total. The molecule has 0 heterocycles. The van der Waals surface area contributed by atoms with E-state index in [4.69, 9.17) is 0 Å². The molecular weight excluding hydrogens is 194 g/mol. The Balaban J connectivity index is 4.24. The van der Waals surface area contributed by atoms with Crippen molar-refractivity contribution in [2.45, 2.75) is 26.8 Å². The van der Waals surface area contributed by atoms with Gasteiger partial charge in [-0.2, -0.15) is 0 Å². The highest BCUT2D eigenvalue weighted by Gasteiger charge is 2.16. The van der Waals surface area contributed by atoms with Crippen LogP contribution in [-0.4, -0.2) is 55.0 Å². The van der Waals surface area contributed by atoms with Crippen LogP contribution in [0, 0.1) is 0 Å². The summed E-state index contributed by atoms with van der Waals surface area (Å²) < 4.78 is 0. The van der Waals surface area contributed by atoms with Crippen LogP contribution in [0.25, 0.3) is 0 Å². The number of likely N-dealkylation sites (N-methyl/N-ethyl adjacent to an activating group) is 2. The maximum Gasteiger partial charge on any atom is 0.318 e. The van der Waals surface area contributed by atoms with Crippen molar-refractivity contribution in [3.63, 3.8) is 0 Å². The van der Waals surface area contributed by atoms with Gasteiger partial charge in [-0.15, -0.1) is 0 Å². The minimum Gasteiger partial charge on any atom is -0.347 e. The van der Waals surface area contributed by atoms with Gasteiger partial charge >= 0.3 is 6.03 Å². The molecule has 0 atom stereocenters. The van der Waals surface area contributed by atoms with Gasteiger partial charge in [0.05, 0.1) is 0 Å². The van der Waals surface area contributed by atoms with Gasteiger partial charge in [0.2, 0.25) is 5.91 Å². The second-order valence-electron chi connectivity index (χ2n) is 3.91. The number of hydrogen-bond donors (Lipinski definition) is 1. The second-order valence-corrected chi connectivity index (χ2v) is 3.91. The minimum atomic E-state index is -0.192. The van der Waals surface area contributed by atoms with Crippen molar-refractivity contribution >= 4 is 11.9 Å². The molecule has 0 aromatic rings. The molecule has 0 saturated carbocycles. The third-order valence-corrected chi connectivity index (χ3v) is 1.91. The van der Waals surface area contributed by atoms with E-state index in [0.29, 0.717) is 6.54 Å². The zero-order valence-electron chi connectivity index (χ0n) is 10.2. The largest absolute Gasteiger partial charge is 0.347 e. The Morgan fingerprint density at radius 1 is 1.27 bits per heavy atom. The Kier molecular flexibility index (Phi) is 5.74. The number of nitrogens with one attached hydrogen (secondary N) is 1. The van der Waals surface area contributed by atoms with Crippen LogP contribution in [0.3, 0.4) is 0 Å². The van der Waals surface area contributed by atoms with Gasteiger partial charge in [-0.05, 0) is 20.8 Å². The molecule has 88 valence electrons. The molecule has 3 amide bonds. The summed E-state index contributed by atoms with van der Waals surface area (Å²) in [5.41, 5.74) is 0. The summed E-state index contributed by atoms with van der Waals surface area (Å²) in [6.07, 6.45) is 0. The van der Waals surface area contributed by atoms with Gasteiger partial charge in [-0.1, -0.05) is 0 Å². The highest BCUT2D eigenvalue weighted by atomic mass is 16.2. The summed E-state index contributed by atoms with van der Waals surface area (Å²) >= 11 is 0. The van der Waals surface area contributed by atoms with Crippen molar-refractivity contribution in [3.8, 4) is 0 Å². The monoisotopic (exact) mass is 215 g/mol. The van der Waals surface area contributed by atoms with Crippen LogP contribution in [-0.2, 0) is 4.79 Å². The second kappa shape index (κ2) is 6.27. The molecule has 0 fully saturated rings. The molecule has 5 heteroatoms. The molecule has 0 aliphatic heterocycles. The zero-order valence-corrected chi connectivity index (χ0v) is 10.2. The third-order valence-electron chi connectivity index (χ3n) is 1.91. The van der Waals surface area contributed by atoms with E-state index in [2.05, 4.69) is 5.32 Å². The van der Waals surface area contributed by atoms with Crippen LogP contribution in [0.15, 0.2) is 0 Å². The summed E-state index contributed by atoms with van der Waals surface area (Å²) in [5.74, 6) is -0.0734. The SMILES string of the molecule is CCN(CC(=O)N(C)C)C(=O)NC(C)C. The number of carbonyl (C=O) groups is 2. The normalized spacial score (nSPS) is 10.0. The van der Waals surface area contributed by atoms with Crippen molar-refractivity contribution in [2.75, 3.05) is 27.2 Å². The van der Waals surface area contributed by atoms with Crippen molar-refractivity contribution in [1.29, 1.82) is 0 Å². The summed E-state index contributed by atoms with van der Waals surface area (Å²) in [7, 11) is 3.35. The van der Waals surface area contributed by atoms with Crippen LogP contribution in [0.1, 0.15) is 20.8 Å². The fraction of sp³-hybridized carbons (Fsp3) is 0.800. The molecule has 0 saturated heterocycles. The summed E-state index contributed by atoms with van der Waals surface area (Å²) in [4.78, 5) is 26.0. The quantitative estimate of drug-likeness (QED) is 0.743. The third kappa shape index (κ3) is 5.24. The highest BCUT2D eigenvalue weighted by molar-refractivity contribution is 5.83. The smallest absolute Gasteiger partial charge is 0.318 e. The van der Waals surface area contributed by atoms with E-state index in [1.807, 2.05) is 20.8 Å². The molecule has 0 unspecified atom stereocenters. The van der Waals surface area contributed by atoms with E-state index >= 15 is 0 Å². The van der Waals surface area contributed by atoms with Gasteiger partial charge in [0.15, 0.2) is 0 Å². The van der Waals surface area contributed by atoms with Crippen LogP contribution in [0.5, 0.6) is 0 Å². The fourth-order valence-electron chi connectivity index (χ4n) is 0.970. The average Bonchev–Trinajstić information content (AvgIpc) is 2.11. The fourth-order valence-corrected chi connectivity index (χ4v) is 0.970. The lowest BCUT2D eigenvalue weighted by molar-refractivity contribution is -0.129. The van der Waals surface area contributed by atoms with E-state index in [1.54, 1.807) is 14.1 Å². The molecule has 15 heavy (non-hydrogen) atoms. The Bertz CT molecular complexity index is 227. The van der Waals surface area contributed by atoms with Crippen molar-refractivity contribution in [3.05, 3.63) is 0 Å². The number of amides is 3. The van der Waals surface area contributed by atoms with E-state index < -0.39 is 0 Å². The molecule has 0 aromatic heterocycles. The molecule has 0 aliphatic rings. The van der Waals surface area contributed by atoms with Gasteiger partial charge in [0, 0.05) is 26.7 Å². The van der Waals surface area contributed by atoms with Crippen LogP contribution >= 0.6 is 0 Å². The Labute approximate surface area is 91.4 Å². The van der Waals surface area contributed by atoms with Crippen molar-refractivity contribution in [1.82, 2.24) is 15.1 Å². The summed E-state index contributed by atoms with van der Waals surface area (Å²) in [5, 5.41) is 2.75. The number of rotatable bonds is 4. The molecule has 0 spiro atoms. The Morgan fingerprint density at radius 2 is 1.80 bits per heavy atom. The lowest BCUT2D eigenvalue weighted by atomic mass is 10.4. The van der Waals surface area contributed by atoms with Gasteiger partial charge in [0.25, 0.3) is 0 Å². The van der Waals surface area contributed by atoms with Gasteiger partial charge < -0.3 is 15.1 Å². The molecule has 5 nitrogen and oxygen atoms in total. The maximum absolute atomic E-state index is 11.6. The van der Waals surface area contributed by atoms with Gasteiger partial charge in [-0.25, -0.2) is 4.79 Å². The predicted octanol–water partition coefficient (Wildman–Crippen LogP) is 0.515. The van der Waals surface area contributed by atoms with Crippen LogP contribution in [0.4, 0.5) is 4.79 Å².